The number of carbonyl (C=O) groups excluding carboxylic acids is 1. The first-order valence-electron chi connectivity index (χ1n) is 6.68. The van der Waals surface area contributed by atoms with Crippen molar-refractivity contribution in [2.24, 2.45) is 5.92 Å². The molecule has 1 aromatic heterocycles. The molecular weight excluding hydrogens is 280 g/mol. The van der Waals surface area contributed by atoms with Gasteiger partial charge in [0.2, 0.25) is 15.9 Å². The lowest BCUT2D eigenvalue weighted by molar-refractivity contribution is -0.122. The molecule has 1 N–H and O–H groups in total. The molecule has 7 nitrogen and oxygen atoms in total. The third-order valence-corrected chi connectivity index (χ3v) is 5.04. The van der Waals surface area contributed by atoms with Gasteiger partial charge in [0.05, 0.1) is 30.9 Å². The SMILES string of the molecule is CS(=O)(=O)N1Cc2cncn2[C@@H](CNC(=O)C2CC2)C1. The van der Waals surface area contributed by atoms with Gasteiger partial charge in [-0.1, -0.05) is 0 Å². The number of amides is 1. The van der Waals surface area contributed by atoms with Gasteiger partial charge in [0.1, 0.15) is 0 Å². The molecule has 3 rings (SSSR count). The third-order valence-electron chi connectivity index (χ3n) is 3.82. The third kappa shape index (κ3) is 2.71. The highest BCUT2D eigenvalue weighted by atomic mass is 32.2. The second-order valence-electron chi connectivity index (χ2n) is 5.52. The number of aromatic nitrogens is 2. The molecule has 110 valence electrons. The highest BCUT2D eigenvalue weighted by molar-refractivity contribution is 7.88. The molecule has 1 amide bonds. The van der Waals surface area contributed by atoms with E-state index in [-0.39, 0.29) is 17.9 Å². The summed E-state index contributed by atoms with van der Waals surface area (Å²) < 4.78 is 26.8. The van der Waals surface area contributed by atoms with Crippen molar-refractivity contribution in [1.82, 2.24) is 19.2 Å². The van der Waals surface area contributed by atoms with Gasteiger partial charge in [-0.15, -0.1) is 0 Å². The Morgan fingerprint density at radius 3 is 2.90 bits per heavy atom. The van der Waals surface area contributed by atoms with E-state index >= 15 is 0 Å². The fraction of sp³-hybridized carbons (Fsp3) is 0.667. The van der Waals surface area contributed by atoms with Crippen LogP contribution >= 0.6 is 0 Å². The number of nitrogens with zero attached hydrogens (tertiary/aromatic N) is 3. The Morgan fingerprint density at radius 1 is 1.50 bits per heavy atom. The molecule has 0 radical (unpaired) electrons. The number of rotatable bonds is 4. The van der Waals surface area contributed by atoms with Gasteiger partial charge in [-0.3, -0.25) is 4.79 Å². The van der Waals surface area contributed by atoms with Crippen LogP contribution in [-0.2, 0) is 21.4 Å². The van der Waals surface area contributed by atoms with Crippen molar-refractivity contribution in [2.45, 2.75) is 25.4 Å². The highest BCUT2D eigenvalue weighted by Crippen LogP contribution is 2.29. The van der Waals surface area contributed by atoms with Crippen molar-refractivity contribution in [1.29, 1.82) is 0 Å². The fourth-order valence-electron chi connectivity index (χ4n) is 2.48. The first kappa shape index (κ1) is 13.6. The van der Waals surface area contributed by atoms with E-state index in [0.29, 0.717) is 19.6 Å². The zero-order valence-corrected chi connectivity index (χ0v) is 12.1. The molecule has 0 aromatic carbocycles. The smallest absolute Gasteiger partial charge is 0.223 e. The van der Waals surface area contributed by atoms with Crippen molar-refractivity contribution in [3.8, 4) is 0 Å². The molecule has 2 heterocycles. The van der Waals surface area contributed by atoms with Gasteiger partial charge in [0, 0.05) is 25.2 Å². The van der Waals surface area contributed by atoms with Crippen LogP contribution in [-0.4, -0.2) is 47.5 Å². The molecule has 8 heteroatoms. The maximum absolute atomic E-state index is 11.7. The number of imidazole rings is 1. The number of carbonyl (C=O) groups is 1. The van der Waals surface area contributed by atoms with Gasteiger partial charge in [0.15, 0.2) is 0 Å². The van der Waals surface area contributed by atoms with Crippen LogP contribution in [0.5, 0.6) is 0 Å². The lowest BCUT2D eigenvalue weighted by atomic mass is 10.2. The van der Waals surface area contributed by atoms with Crippen LogP contribution in [0.2, 0.25) is 0 Å². The second kappa shape index (κ2) is 4.85. The molecular formula is C12H18N4O3S. The van der Waals surface area contributed by atoms with E-state index in [1.807, 2.05) is 4.57 Å². The van der Waals surface area contributed by atoms with E-state index in [0.717, 1.165) is 18.5 Å². The first-order chi connectivity index (χ1) is 9.45. The van der Waals surface area contributed by atoms with Crippen molar-refractivity contribution < 1.29 is 13.2 Å². The van der Waals surface area contributed by atoms with Gasteiger partial charge < -0.3 is 9.88 Å². The minimum Gasteiger partial charge on any atom is -0.354 e. The molecule has 0 saturated heterocycles. The average molecular weight is 298 g/mol. The molecule has 1 atom stereocenters. The number of hydrogen-bond acceptors (Lipinski definition) is 4. The van der Waals surface area contributed by atoms with Gasteiger partial charge >= 0.3 is 0 Å². The number of fused-ring (bicyclic) bond motifs is 1. The van der Waals surface area contributed by atoms with Crippen LogP contribution in [0.25, 0.3) is 0 Å². The quantitative estimate of drug-likeness (QED) is 0.829. The van der Waals surface area contributed by atoms with Crippen molar-refractivity contribution in [3.63, 3.8) is 0 Å². The number of hydrogen-bond donors (Lipinski definition) is 1. The summed E-state index contributed by atoms with van der Waals surface area (Å²) >= 11 is 0. The molecule has 0 bridgehead atoms. The zero-order chi connectivity index (χ0) is 14.3. The molecule has 1 saturated carbocycles. The summed E-state index contributed by atoms with van der Waals surface area (Å²) in [5, 5.41) is 2.91. The predicted molar refractivity (Wildman–Crippen MR) is 72.3 cm³/mol. The summed E-state index contributed by atoms with van der Waals surface area (Å²) in [6.07, 6.45) is 6.50. The molecule has 1 fully saturated rings. The summed E-state index contributed by atoms with van der Waals surface area (Å²) in [7, 11) is -3.24. The average Bonchev–Trinajstić information content (AvgIpc) is 3.12. The summed E-state index contributed by atoms with van der Waals surface area (Å²) in [6.45, 7) is 1.14. The Bertz CT molecular complexity index is 620. The van der Waals surface area contributed by atoms with Crippen LogP contribution in [0.3, 0.4) is 0 Å². The van der Waals surface area contributed by atoms with Gasteiger partial charge in [-0.2, -0.15) is 4.31 Å². The molecule has 1 aliphatic carbocycles. The van der Waals surface area contributed by atoms with E-state index in [2.05, 4.69) is 10.3 Å². The Morgan fingerprint density at radius 2 is 2.25 bits per heavy atom. The van der Waals surface area contributed by atoms with Crippen LogP contribution < -0.4 is 5.32 Å². The van der Waals surface area contributed by atoms with Crippen LogP contribution in [0.15, 0.2) is 12.5 Å². The predicted octanol–water partition coefficient (Wildman–Crippen LogP) is -0.274. The normalized spacial score (nSPS) is 23.4. The van der Waals surface area contributed by atoms with E-state index in [1.54, 1.807) is 12.5 Å². The van der Waals surface area contributed by atoms with Gasteiger partial charge in [-0.05, 0) is 12.8 Å². The van der Waals surface area contributed by atoms with Gasteiger partial charge in [-0.25, -0.2) is 13.4 Å². The van der Waals surface area contributed by atoms with Crippen molar-refractivity contribution >= 4 is 15.9 Å². The van der Waals surface area contributed by atoms with Crippen LogP contribution in [0, 0.1) is 5.92 Å². The topological polar surface area (TPSA) is 84.3 Å². The summed E-state index contributed by atoms with van der Waals surface area (Å²) in [5.41, 5.74) is 0.854. The van der Waals surface area contributed by atoms with E-state index in [1.165, 1.54) is 10.6 Å². The van der Waals surface area contributed by atoms with Gasteiger partial charge in [0.25, 0.3) is 0 Å². The Labute approximate surface area is 118 Å². The molecule has 1 aliphatic heterocycles. The minimum atomic E-state index is -3.24. The zero-order valence-electron chi connectivity index (χ0n) is 11.3. The van der Waals surface area contributed by atoms with Crippen LogP contribution in [0.1, 0.15) is 24.6 Å². The second-order valence-corrected chi connectivity index (χ2v) is 7.50. The highest BCUT2D eigenvalue weighted by Gasteiger charge is 2.32. The van der Waals surface area contributed by atoms with Crippen LogP contribution in [0.4, 0.5) is 0 Å². The molecule has 20 heavy (non-hydrogen) atoms. The van der Waals surface area contributed by atoms with Crippen molar-refractivity contribution in [3.05, 3.63) is 18.2 Å². The summed E-state index contributed by atoms with van der Waals surface area (Å²) in [6, 6.07) is -0.0984. The van der Waals surface area contributed by atoms with E-state index in [4.69, 9.17) is 0 Å². The monoisotopic (exact) mass is 298 g/mol. The molecule has 1 aromatic rings. The maximum atomic E-state index is 11.7. The molecule has 0 spiro atoms. The minimum absolute atomic E-state index is 0.0724. The molecule has 2 aliphatic rings. The fourth-order valence-corrected chi connectivity index (χ4v) is 3.28. The Kier molecular flexibility index (Phi) is 3.29. The summed E-state index contributed by atoms with van der Waals surface area (Å²) in [5.74, 6) is 0.231. The van der Waals surface area contributed by atoms with Crippen molar-refractivity contribution in [2.75, 3.05) is 19.3 Å². The lowest BCUT2D eigenvalue weighted by Gasteiger charge is -2.33. The Hall–Kier alpha value is -1.41. The lowest BCUT2D eigenvalue weighted by Crippen LogP contribution is -2.44. The number of sulfonamides is 1. The number of nitrogens with one attached hydrogen (secondary N) is 1. The van der Waals surface area contributed by atoms with E-state index < -0.39 is 10.0 Å². The first-order valence-corrected chi connectivity index (χ1v) is 8.53. The Balaban J connectivity index is 1.73. The maximum Gasteiger partial charge on any atom is 0.223 e. The molecule has 0 unspecified atom stereocenters. The largest absolute Gasteiger partial charge is 0.354 e. The standard InChI is InChI=1S/C12H18N4O3S/c1-20(18,19)15-6-10-4-13-8-16(10)11(7-15)5-14-12(17)9-2-3-9/h4,8-9,11H,2-3,5-7H2,1H3,(H,14,17)/t11-/m0/s1. The van der Waals surface area contributed by atoms with E-state index in [9.17, 15) is 13.2 Å². The summed E-state index contributed by atoms with van der Waals surface area (Å²) in [4.78, 5) is 15.8.